The van der Waals surface area contributed by atoms with Crippen LogP contribution in [0.15, 0.2) is 36.5 Å². The highest BCUT2D eigenvalue weighted by Crippen LogP contribution is 2.19. The number of nitrogens with one attached hydrogen (secondary N) is 2. The van der Waals surface area contributed by atoms with Crippen LogP contribution in [0.4, 0.5) is 17.5 Å². The van der Waals surface area contributed by atoms with Crippen molar-refractivity contribution in [3.63, 3.8) is 0 Å². The highest BCUT2D eigenvalue weighted by Gasteiger charge is 2.28. The third kappa shape index (κ3) is 4.44. The molecular formula is C16H18N4O4S. The van der Waals surface area contributed by atoms with Crippen molar-refractivity contribution in [1.82, 2.24) is 9.97 Å². The quantitative estimate of drug-likeness (QED) is 0.772. The number of carbonyl (C=O) groups excluding carboxylic acids is 1. The molecule has 1 unspecified atom stereocenters. The normalized spacial score (nSPS) is 18.5. The summed E-state index contributed by atoms with van der Waals surface area (Å²) in [5.74, 6) is 0.741. The minimum absolute atomic E-state index is 0.0925. The minimum atomic E-state index is -2.97. The maximum absolute atomic E-state index is 11.6. The predicted octanol–water partition coefficient (Wildman–Crippen LogP) is 1.61. The molecule has 1 saturated heterocycles. The number of hydrogen-bond donors (Lipinski definition) is 2. The van der Waals surface area contributed by atoms with Gasteiger partial charge in [-0.2, -0.15) is 4.98 Å². The molecule has 8 nitrogen and oxygen atoms in total. The Balaban J connectivity index is 1.71. The number of benzene rings is 1. The highest BCUT2D eigenvalue weighted by atomic mass is 32.2. The van der Waals surface area contributed by atoms with Gasteiger partial charge in [0.05, 0.1) is 24.2 Å². The van der Waals surface area contributed by atoms with Gasteiger partial charge in [0.2, 0.25) is 5.95 Å². The first kappa shape index (κ1) is 17.2. The van der Waals surface area contributed by atoms with Gasteiger partial charge in [-0.1, -0.05) is 6.07 Å². The third-order valence-corrected chi connectivity index (χ3v) is 5.55. The lowest BCUT2D eigenvalue weighted by molar-refractivity contribution is 0.0601. The molecule has 0 bridgehead atoms. The molecule has 0 radical (unpaired) electrons. The van der Waals surface area contributed by atoms with Crippen LogP contribution in [0.25, 0.3) is 0 Å². The molecule has 25 heavy (non-hydrogen) atoms. The molecule has 1 fully saturated rings. The SMILES string of the molecule is COC(=O)c1cccc(Nc2ccnc(NC3CCS(=O)(=O)C3)n2)c1. The maximum Gasteiger partial charge on any atom is 0.337 e. The molecule has 9 heteroatoms. The number of esters is 1. The average molecular weight is 362 g/mol. The van der Waals surface area contributed by atoms with Crippen LogP contribution >= 0.6 is 0 Å². The number of carbonyl (C=O) groups is 1. The molecule has 1 aromatic carbocycles. The summed E-state index contributed by atoms with van der Waals surface area (Å²) in [6.45, 7) is 0. The van der Waals surface area contributed by atoms with Gasteiger partial charge >= 0.3 is 5.97 Å². The molecule has 2 aromatic rings. The van der Waals surface area contributed by atoms with Gasteiger partial charge in [-0.05, 0) is 30.7 Å². The fourth-order valence-corrected chi connectivity index (χ4v) is 4.25. The minimum Gasteiger partial charge on any atom is -0.465 e. The Kier molecular flexibility index (Phi) is 4.84. The van der Waals surface area contributed by atoms with Crippen molar-refractivity contribution in [2.45, 2.75) is 12.5 Å². The van der Waals surface area contributed by atoms with Crippen LogP contribution in [0.5, 0.6) is 0 Å². The van der Waals surface area contributed by atoms with E-state index in [4.69, 9.17) is 4.74 Å². The first-order valence-corrected chi connectivity index (χ1v) is 9.53. The Hall–Kier alpha value is -2.68. The zero-order valence-corrected chi connectivity index (χ0v) is 14.4. The van der Waals surface area contributed by atoms with E-state index in [1.165, 1.54) is 7.11 Å². The van der Waals surface area contributed by atoms with Crippen LogP contribution in [0.3, 0.4) is 0 Å². The zero-order valence-electron chi connectivity index (χ0n) is 13.6. The second kappa shape index (κ2) is 7.06. The summed E-state index contributed by atoms with van der Waals surface area (Å²) in [4.78, 5) is 20.0. The molecule has 0 aliphatic carbocycles. The lowest BCUT2D eigenvalue weighted by Gasteiger charge is -2.12. The van der Waals surface area contributed by atoms with Gasteiger partial charge in [0.25, 0.3) is 0 Å². The van der Waals surface area contributed by atoms with Crippen LogP contribution in [-0.4, -0.2) is 49.0 Å². The van der Waals surface area contributed by atoms with E-state index in [9.17, 15) is 13.2 Å². The summed E-state index contributed by atoms with van der Waals surface area (Å²) in [7, 11) is -1.64. The molecule has 0 saturated carbocycles. The number of nitrogens with zero attached hydrogens (tertiary/aromatic N) is 2. The highest BCUT2D eigenvalue weighted by molar-refractivity contribution is 7.91. The van der Waals surface area contributed by atoms with Crippen LogP contribution in [0, 0.1) is 0 Å². The first-order valence-electron chi connectivity index (χ1n) is 7.70. The zero-order chi connectivity index (χ0) is 17.9. The van der Waals surface area contributed by atoms with Crippen molar-refractivity contribution in [1.29, 1.82) is 0 Å². The molecule has 1 aliphatic heterocycles. The van der Waals surface area contributed by atoms with E-state index in [1.807, 2.05) is 0 Å². The lowest BCUT2D eigenvalue weighted by atomic mass is 10.2. The molecule has 1 aliphatic rings. The van der Waals surface area contributed by atoms with Crippen molar-refractivity contribution in [3.8, 4) is 0 Å². The second-order valence-electron chi connectivity index (χ2n) is 5.71. The van der Waals surface area contributed by atoms with Gasteiger partial charge in [-0.15, -0.1) is 0 Å². The topological polar surface area (TPSA) is 110 Å². The van der Waals surface area contributed by atoms with Crippen molar-refractivity contribution in [3.05, 3.63) is 42.1 Å². The van der Waals surface area contributed by atoms with E-state index in [0.717, 1.165) is 0 Å². The number of aromatic nitrogens is 2. The molecule has 2 N–H and O–H groups in total. The lowest BCUT2D eigenvalue weighted by Crippen LogP contribution is -2.22. The largest absolute Gasteiger partial charge is 0.465 e. The molecule has 0 spiro atoms. The molecule has 3 rings (SSSR count). The fraction of sp³-hybridized carbons (Fsp3) is 0.312. The molecule has 1 aromatic heterocycles. The van der Waals surface area contributed by atoms with Crippen LogP contribution < -0.4 is 10.6 Å². The van der Waals surface area contributed by atoms with Crippen molar-refractivity contribution < 1.29 is 17.9 Å². The Morgan fingerprint density at radius 3 is 2.88 bits per heavy atom. The number of hydrogen-bond acceptors (Lipinski definition) is 8. The number of sulfone groups is 1. The van der Waals surface area contributed by atoms with Gasteiger partial charge in [-0.3, -0.25) is 0 Å². The predicted molar refractivity (Wildman–Crippen MR) is 93.8 cm³/mol. The molecule has 0 amide bonds. The number of methoxy groups -OCH3 is 1. The summed E-state index contributed by atoms with van der Waals surface area (Å²) in [5, 5.41) is 6.13. The smallest absolute Gasteiger partial charge is 0.337 e. The Labute approximate surface area is 145 Å². The van der Waals surface area contributed by atoms with Crippen LogP contribution in [0.2, 0.25) is 0 Å². The van der Waals surface area contributed by atoms with Crippen molar-refractivity contribution >= 4 is 33.3 Å². The van der Waals surface area contributed by atoms with E-state index in [1.54, 1.807) is 36.5 Å². The Morgan fingerprint density at radius 1 is 1.32 bits per heavy atom. The number of ether oxygens (including phenoxy) is 1. The van der Waals surface area contributed by atoms with Crippen molar-refractivity contribution in [2.75, 3.05) is 29.2 Å². The van der Waals surface area contributed by atoms with Gasteiger partial charge in [-0.25, -0.2) is 18.2 Å². The average Bonchev–Trinajstić information content (AvgIpc) is 2.93. The second-order valence-corrected chi connectivity index (χ2v) is 7.94. The van der Waals surface area contributed by atoms with Gasteiger partial charge in [0, 0.05) is 17.9 Å². The molecule has 2 heterocycles. The summed E-state index contributed by atoms with van der Waals surface area (Å²) < 4.78 is 27.7. The summed E-state index contributed by atoms with van der Waals surface area (Å²) in [5.41, 5.74) is 1.10. The Morgan fingerprint density at radius 2 is 2.16 bits per heavy atom. The van der Waals surface area contributed by atoms with Crippen molar-refractivity contribution in [2.24, 2.45) is 0 Å². The molecule has 132 valence electrons. The maximum atomic E-state index is 11.6. The van der Waals surface area contributed by atoms with Gasteiger partial charge in [0.1, 0.15) is 5.82 Å². The number of rotatable bonds is 5. The fourth-order valence-electron chi connectivity index (χ4n) is 2.58. The molecule has 1 atom stereocenters. The van der Waals surface area contributed by atoms with E-state index in [0.29, 0.717) is 29.4 Å². The monoisotopic (exact) mass is 362 g/mol. The van der Waals surface area contributed by atoms with E-state index >= 15 is 0 Å². The standard InChI is InChI=1S/C16H18N4O4S/c1-24-15(21)11-3-2-4-12(9-11)18-14-5-7-17-16(20-14)19-13-6-8-25(22,23)10-13/h2-5,7,9,13H,6,8,10H2,1H3,(H2,17,18,19,20). The van der Waals surface area contributed by atoms with Gasteiger partial charge < -0.3 is 15.4 Å². The van der Waals surface area contributed by atoms with E-state index in [2.05, 4.69) is 20.6 Å². The third-order valence-electron chi connectivity index (χ3n) is 3.78. The van der Waals surface area contributed by atoms with Crippen LogP contribution in [0.1, 0.15) is 16.8 Å². The van der Waals surface area contributed by atoms with Gasteiger partial charge in [0.15, 0.2) is 9.84 Å². The van der Waals surface area contributed by atoms with E-state index in [-0.39, 0.29) is 17.5 Å². The number of anilines is 3. The summed E-state index contributed by atoms with van der Waals surface area (Å²) >= 11 is 0. The first-order chi connectivity index (χ1) is 11.9. The summed E-state index contributed by atoms with van der Waals surface area (Å²) in [6, 6.07) is 8.35. The van der Waals surface area contributed by atoms with Crippen LogP contribution in [-0.2, 0) is 14.6 Å². The summed E-state index contributed by atoms with van der Waals surface area (Å²) in [6.07, 6.45) is 2.12. The molecular weight excluding hydrogens is 344 g/mol. The Bertz CT molecular complexity index is 885. The van der Waals surface area contributed by atoms with E-state index < -0.39 is 15.8 Å².